The summed E-state index contributed by atoms with van der Waals surface area (Å²) in [6.07, 6.45) is 0. The van der Waals surface area contributed by atoms with E-state index in [0.717, 1.165) is 16.6 Å². The molecule has 0 unspecified atom stereocenters. The van der Waals surface area contributed by atoms with Crippen LogP contribution in [-0.2, 0) is 11.3 Å². The van der Waals surface area contributed by atoms with Crippen molar-refractivity contribution in [1.82, 2.24) is 9.55 Å². The Bertz CT molecular complexity index is 804. The number of furan rings is 1. The second-order valence-electron chi connectivity index (χ2n) is 4.51. The molecule has 5 nitrogen and oxygen atoms in total. The lowest BCUT2D eigenvalue weighted by Crippen LogP contribution is -2.09. The number of carbonyl (C=O) groups is 1. The number of hydrogen-bond acceptors (Lipinski definition) is 3. The van der Waals surface area contributed by atoms with E-state index in [2.05, 4.69) is 20.9 Å². The first-order chi connectivity index (χ1) is 9.54. The van der Waals surface area contributed by atoms with Gasteiger partial charge in [0, 0.05) is 0 Å². The van der Waals surface area contributed by atoms with Gasteiger partial charge < -0.3 is 14.1 Å². The quantitative estimate of drug-likeness (QED) is 0.796. The molecule has 1 aromatic carbocycles. The minimum atomic E-state index is -0.920. The number of aliphatic carboxylic acids is 1. The minimum Gasteiger partial charge on any atom is -0.480 e. The molecule has 0 aliphatic heterocycles. The maximum Gasteiger partial charge on any atom is 0.323 e. The smallest absolute Gasteiger partial charge is 0.323 e. The molecular weight excluding hydrogens is 324 g/mol. The van der Waals surface area contributed by atoms with E-state index in [1.54, 1.807) is 16.7 Å². The number of fused-ring (bicyclic) bond motifs is 1. The Morgan fingerprint density at radius 1 is 1.40 bits per heavy atom. The molecule has 0 fully saturated rings. The predicted molar refractivity (Wildman–Crippen MR) is 77.5 cm³/mol. The van der Waals surface area contributed by atoms with Crippen LogP contribution in [0.5, 0.6) is 0 Å². The third kappa shape index (κ3) is 2.22. The molecule has 0 saturated carbocycles. The second-order valence-corrected chi connectivity index (χ2v) is 5.29. The van der Waals surface area contributed by atoms with Gasteiger partial charge in [0.25, 0.3) is 0 Å². The molecule has 3 rings (SSSR count). The molecule has 0 aliphatic carbocycles. The maximum atomic E-state index is 11.1. The average molecular weight is 335 g/mol. The van der Waals surface area contributed by atoms with Gasteiger partial charge in [-0.05, 0) is 52.7 Å². The van der Waals surface area contributed by atoms with E-state index in [9.17, 15) is 4.79 Å². The first-order valence-corrected chi connectivity index (χ1v) is 6.78. The third-order valence-corrected chi connectivity index (χ3v) is 3.42. The summed E-state index contributed by atoms with van der Waals surface area (Å²) in [5.41, 5.74) is 2.61. The molecule has 0 radical (unpaired) electrons. The standard InChI is InChI=1S/C14H11BrN2O3/c1-8-2-3-10-9(6-8)16-14(17(10)7-13(18)19)11-4-5-12(15)20-11/h2-6H,7H2,1H3,(H,18,19). The fraction of sp³-hybridized carbons (Fsp3) is 0.143. The highest BCUT2D eigenvalue weighted by Crippen LogP contribution is 2.28. The van der Waals surface area contributed by atoms with E-state index in [0.29, 0.717) is 16.3 Å². The lowest BCUT2D eigenvalue weighted by atomic mass is 10.2. The minimum absolute atomic E-state index is 0.160. The number of rotatable bonds is 3. The van der Waals surface area contributed by atoms with Crippen molar-refractivity contribution >= 4 is 32.9 Å². The number of carboxylic acid groups (broad SMARTS) is 1. The predicted octanol–water partition coefficient (Wildman–Crippen LogP) is 3.45. The zero-order chi connectivity index (χ0) is 14.3. The Balaban J connectivity index is 2.26. The second kappa shape index (κ2) is 4.79. The van der Waals surface area contributed by atoms with Crippen LogP contribution in [0.25, 0.3) is 22.6 Å². The summed E-state index contributed by atoms with van der Waals surface area (Å²) in [6.45, 7) is 1.81. The average Bonchev–Trinajstić information content (AvgIpc) is 2.93. The molecule has 0 amide bonds. The van der Waals surface area contributed by atoms with Gasteiger partial charge in [0.1, 0.15) is 6.54 Å². The van der Waals surface area contributed by atoms with E-state index in [1.807, 2.05) is 25.1 Å². The van der Waals surface area contributed by atoms with Crippen LogP contribution in [0.3, 0.4) is 0 Å². The number of aromatic nitrogens is 2. The molecule has 20 heavy (non-hydrogen) atoms. The number of imidazole rings is 1. The van der Waals surface area contributed by atoms with Crippen molar-refractivity contribution in [2.45, 2.75) is 13.5 Å². The Morgan fingerprint density at radius 2 is 2.20 bits per heavy atom. The molecule has 0 atom stereocenters. The number of carboxylic acids is 1. The van der Waals surface area contributed by atoms with Gasteiger partial charge in [0.05, 0.1) is 11.0 Å². The fourth-order valence-corrected chi connectivity index (χ4v) is 2.46. The molecule has 0 saturated heterocycles. The van der Waals surface area contributed by atoms with E-state index >= 15 is 0 Å². The highest BCUT2D eigenvalue weighted by molar-refractivity contribution is 9.10. The van der Waals surface area contributed by atoms with Crippen LogP contribution in [-0.4, -0.2) is 20.6 Å². The first-order valence-electron chi connectivity index (χ1n) is 5.99. The van der Waals surface area contributed by atoms with Crippen molar-refractivity contribution in [3.63, 3.8) is 0 Å². The van der Waals surface area contributed by atoms with Gasteiger partial charge in [0.15, 0.2) is 16.3 Å². The monoisotopic (exact) mass is 334 g/mol. The molecular formula is C14H11BrN2O3. The molecule has 2 aromatic heterocycles. The summed E-state index contributed by atoms with van der Waals surface area (Å²) < 4.78 is 7.71. The molecule has 102 valence electrons. The highest BCUT2D eigenvalue weighted by Gasteiger charge is 2.17. The summed E-state index contributed by atoms with van der Waals surface area (Å²) in [4.78, 5) is 15.6. The Hall–Kier alpha value is -2.08. The number of hydrogen-bond donors (Lipinski definition) is 1. The van der Waals surface area contributed by atoms with Gasteiger partial charge in [-0.3, -0.25) is 4.79 Å². The van der Waals surface area contributed by atoms with Crippen LogP contribution >= 0.6 is 15.9 Å². The molecule has 3 aromatic rings. The van der Waals surface area contributed by atoms with E-state index in [4.69, 9.17) is 9.52 Å². The summed E-state index contributed by atoms with van der Waals surface area (Å²) in [6, 6.07) is 9.25. The van der Waals surface area contributed by atoms with E-state index in [-0.39, 0.29) is 6.54 Å². The summed E-state index contributed by atoms with van der Waals surface area (Å²) in [5.74, 6) is 0.127. The molecule has 0 aliphatic rings. The topological polar surface area (TPSA) is 68.3 Å². The van der Waals surface area contributed by atoms with Crippen LogP contribution in [0, 0.1) is 6.92 Å². The normalized spacial score (nSPS) is 11.1. The molecule has 0 spiro atoms. The SMILES string of the molecule is Cc1ccc2c(c1)nc(-c1ccc(Br)o1)n2CC(=O)O. The molecule has 6 heteroatoms. The van der Waals surface area contributed by atoms with Gasteiger partial charge in [-0.2, -0.15) is 0 Å². The highest BCUT2D eigenvalue weighted by atomic mass is 79.9. The maximum absolute atomic E-state index is 11.1. The van der Waals surface area contributed by atoms with E-state index in [1.165, 1.54) is 0 Å². The van der Waals surface area contributed by atoms with Crippen molar-refractivity contribution in [2.24, 2.45) is 0 Å². The molecule has 0 bridgehead atoms. The number of benzene rings is 1. The van der Waals surface area contributed by atoms with E-state index < -0.39 is 5.97 Å². The lowest BCUT2D eigenvalue weighted by Gasteiger charge is -2.04. The Labute approximate surface area is 123 Å². The van der Waals surface area contributed by atoms with Gasteiger partial charge >= 0.3 is 5.97 Å². The number of aryl methyl sites for hydroxylation is 1. The number of nitrogens with zero attached hydrogens (tertiary/aromatic N) is 2. The third-order valence-electron chi connectivity index (χ3n) is 2.99. The molecule has 1 N–H and O–H groups in total. The van der Waals surface area contributed by atoms with Crippen LogP contribution in [0.15, 0.2) is 39.4 Å². The lowest BCUT2D eigenvalue weighted by molar-refractivity contribution is -0.137. The largest absolute Gasteiger partial charge is 0.480 e. The summed E-state index contributed by atoms with van der Waals surface area (Å²) >= 11 is 3.24. The molecule has 2 heterocycles. The van der Waals surface area contributed by atoms with Gasteiger partial charge in [-0.1, -0.05) is 6.07 Å². The number of halogens is 1. The van der Waals surface area contributed by atoms with Crippen molar-refractivity contribution in [3.8, 4) is 11.6 Å². The van der Waals surface area contributed by atoms with Crippen LogP contribution in [0.2, 0.25) is 0 Å². The van der Waals surface area contributed by atoms with Crippen molar-refractivity contribution in [3.05, 3.63) is 40.6 Å². The van der Waals surface area contributed by atoms with Crippen molar-refractivity contribution in [1.29, 1.82) is 0 Å². The van der Waals surface area contributed by atoms with Crippen molar-refractivity contribution < 1.29 is 14.3 Å². The van der Waals surface area contributed by atoms with Crippen LogP contribution in [0.4, 0.5) is 0 Å². The Kier molecular flexibility index (Phi) is 3.10. The fourth-order valence-electron chi connectivity index (χ4n) is 2.16. The van der Waals surface area contributed by atoms with Crippen LogP contribution in [0.1, 0.15) is 5.56 Å². The van der Waals surface area contributed by atoms with Gasteiger partial charge in [-0.25, -0.2) is 4.98 Å². The van der Waals surface area contributed by atoms with Gasteiger partial charge in [-0.15, -0.1) is 0 Å². The van der Waals surface area contributed by atoms with Crippen molar-refractivity contribution in [2.75, 3.05) is 0 Å². The zero-order valence-corrected chi connectivity index (χ0v) is 12.2. The van der Waals surface area contributed by atoms with Gasteiger partial charge in [0.2, 0.25) is 0 Å². The summed E-state index contributed by atoms with van der Waals surface area (Å²) in [7, 11) is 0. The van der Waals surface area contributed by atoms with Crippen LogP contribution < -0.4 is 0 Å². The first kappa shape index (κ1) is 12.9. The Morgan fingerprint density at radius 3 is 2.85 bits per heavy atom. The summed E-state index contributed by atoms with van der Waals surface area (Å²) in [5, 5.41) is 9.09. The zero-order valence-electron chi connectivity index (χ0n) is 10.6.